The van der Waals surface area contributed by atoms with Gasteiger partial charge in [-0.05, 0) is 24.3 Å². The van der Waals surface area contributed by atoms with Crippen molar-refractivity contribution in [3.05, 3.63) is 49.6 Å². The third-order valence-corrected chi connectivity index (χ3v) is 5.94. The maximum Gasteiger partial charge on any atom is 0.243 e. The van der Waals surface area contributed by atoms with Gasteiger partial charge in [0.1, 0.15) is 0 Å². The Morgan fingerprint density at radius 3 is 2.35 bits per heavy atom. The second kappa shape index (κ2) is 8.26. The van der Waals surface area contributed by atoms with E-state index in [-0.39, 0.29) is 36.9 Å². The molecule has 3 N–H and O–H groups in total. The molecular weight excluding hydrogens is 356 g/mol. The SMILES string of the molecule is C=CCN(CC=C)S(=O)(=O)c1ccc(N2CC(C(=O)NN)CC2=O)cc1. The monoisotopic (exact) mass is 378 g/mol. The standard InChI is InChI=1S/C17H22N4O4S/c1-3-9-20(10-4-2)26(24,25)15-7-5-14(6-8-15)21-12-13(11-16(21)22)17(23)19-18/h3-8,13H,1-2,9-12,18H2,(H,19,23). The molecule has 26 heavy (non-hydrogen) atoms. The normalized spacial score (nSPS) is 17.4. The molecule has 0 aliphatic carbocycles. The van der Waals surface area contributed by atoms with Crippen LogP contribution in [0.1, 0.15) is 6.42 Å². The van der Waals surface area contributed by atoms with Crippen LogP contribution in [0.3, 0.4) is 0 Å². The van der Waals surface area contributed by atoms with Crippen LogP contribution in [-0.4, -0.2) is 44.2 Å². The maximum absolute atomic E-state index is 12.7. The number of nitrogens with zero attached hydrogens (tertiary/aromatic N) is 2. The summed E-state index contributed by atoms with van der Waals surface area (Å²) in [6.07, 6.45) is 3.07. The van der Waals surface area contributed by atoms with Gasteiger partial charge in [0.15, 0.2) is 0 Å². The summed E-state index contributed by atoms with van der Waals surface area (Å²) in [6, 6.07) is 5.97. The first-order chi connectivity index (χ1) is 12.3. The molecule has 1 heterocycles. The number of carbonyl (C=O) groups excluding carboxylic acids is 2. The van der Waals surface area contributed by atoms with Gasteiger partial charge in [0.05, 0.1) is 10.8 Å². The van der Waals surface area contributed by atoms with Crippen LogP contribution in [-0.2, 0) is 19.6 Å². The zero-order chi connectivity index (χ0) is 19.3. The highest BCUT2D eigenvalue weighted by molar-refractivity contribution is 7.89. The molecule has 0 spiro atoms. The summed E-state index contributed by atoms with van der Waals surface area (Å²) in [5, 5.41) is 0. The fourth-order valence-electron chi connectivity index (χ4n) is 2.76. The molecule has 1 aliphatic heterocycles. The van der Waals surface area contributed by atoms with E-state index in [1.165, 1.54) is 33.5 Å². The first-order valence-corrected chi connectivity index (χ1v) is 9.42. The molecule has 140 valence electrons. The fraction of sp³-hybridized carbons (Fsp3) is 0.294. The van der Waals surface area contributed by atoms with Crippen LogP contribution >= 0.6 is 0 Å². The number of rotatable bonds is 8. The van der Waals surface area contributed by atoms with Crippen molar-refractivity contribution in [2.45, 2.75) is 11.3 Å². The van der Waals surface area contributed by atoms with Gasteiger partial charge >= 0.3 is 0 Å². The van der Waals surface area contributed by atoms with Crippen molar-refractivity contribution >= 4 is 27.5 Å². The molecule has 1 unspecified atom stereocenters. The van der Waals surface area contributed by atoms with E-state index in [1.54, 1.807) is 12.1 Å². The molecule has 0 aromatic heterocycles. The number of nitrogens with one attached hydrogen (secondary N) is 1. The molecule has 0 bridgehead atoms. The Balaban J connectivity index is 2.22. The summed E-state index contributed by atoms with van der Waals surface area (Å²) >= 11 is 0. The molecule has 1 aliphatic rings. The van der Waals surface area contributed by atoms with E-state index in [0.29, 0.717) is 5.69 Å². The van der Waals surface area contributed by atoms with Crippen molar-refractivity contribution in [2.75, 3.05) is 24.5 Å². The number of sulfonamides is 1. The lowest BCUT2D eigenvalue weighted by atomic mass is 10.1. The van der Waals surface area contributed by atoms with Gasteiger partial charge in [-0.15, -0.1) is 13.2 Å². The zero-order valence-corrected chi connectivity index (χ0v) is 15.1. The van der Waals surface area contributed by atoms with Gasteiger partial charge < -0.3 is 4.90 Å². The predicted octanol–water partition coefficient (Wildman–Crippen LogP) is 0.392. The van der Waals surface area contributed by atoms with E-state index in [4.69, 9.17) is 5.84 Å². The Kier molecular flexibility index (Phi) is 6.30. The smallest absolute Gasteiger partial charge is 0.243 e. The van der Waals surface area contributed by atoms with E-state index in [9.17, 15) is 18.0 Å². The van der Waals surface area contributed by atoms with Crippen LogP contribution in [0.5, 0.6) is 0 Å². The summed E-state index contributed by atoms with van der Waals surface area (Å²) < 4.78 is 26.6. The number of nitrogens with two attached hydrogens (primary N) is 1. The molecule has 0 radical (unpaired) electrons. The van der Waals surface area contributed by atoms with Gasteiger partial charge in [0.2, 0.25) is 21.8 Å². The molecular formula is C17H22N4O4S. The largest absolute Gasteiger partial charge is 0.312 e. The highest BCUT2D eigenvalue weighted by Gasteiger charge is 2.35. The average molecular weight is 378 g/mol. The van der Waals surface area contributed by atoms with Crippen LogP contribution in [0.2, 0.25) is 0 Å². The number of hydrazine groups is 1. The van der Waals surface area contributed by atoms with Crippen molar-refractivity contribution in [1.29, 1.82) is 0 Å². The topological polar surface area (TPSA) is 113 Å². The minimum atomic E-state index is -3.70. The maximum atomic E-state index is 12.7. The molecule has 1 atom stereocenters. The van der Waals surface area contributed by atoms with Gasteiger partial charge in [-0.2, -0.15) is 4.31 Å². The molecule has 1 aromatic rings. The Morgan fingerprint density at radius 1 is 1.27 bits per heavy atom. The first kappa shape index (κ1) is 19.8. The summed E-state index contributed by atoms with van der Waals surface area (Å²) in [4.78, 5) is 25.3. The van der Waals surface area contributed by atoms with Crippen LogP contribution in [0, 0.1) is 5.92 Å². The quantitative estimate of drug-likeness (QED) is 0.294. The highest BCUT2D eigenvalue weighted by Crippen LogP contribution is 2.27. The van der Waals surface area contributed by atoms with E-state index in [2.05, 4.69) is 13.2 Å². The van der Waals surface area contributed by atoms with Crippen molar-refractivity contribution in [3.63, 3.8) is 0 Å². The molecule has 2 amide bonds. The minimum absolute atomic E-state index is 0.0650. The second-order valence-corrected chi connectivity index (χ2v) is 7.75. The van der Waals surface area contributed by atoms with Crippen molar-refractivity contribution in [2.24, 2.45) is 11.8 Å². The van der Waals surface area contributed by atoms with Crippen molar-refractivity contribution in [1.82, 2.24) is 9.73 Å². The number of amides is 2. The first-order valence-electron chi connectivity index (χ1n) is 7.98. The van der Waals surface area contributed by atoms with Crippen molar-refractivity contribution in [3.8, 4) is 0 Å². The fourth-order valence-corrected chi connectivity index (χ4v) is 4.14. The van der Waals surface area contributed by atoms with E-state index < -0.39 is 21.8 Å². The van der Waals surface area contributed by atoms with Crippen LogP contribution in [0.4, 0.5) is 5.69 Å². The second-order valence-electron chi connectivity index (χ2n) is 5.81. The number of carbonyl (C=O) groups is 2. The van der Waals surface area contributed by atoms with Crippen molar-refractivity contribution < 1.29 is 18.0 Å². The summed E-state index contributed by atoms with van der Waals surface area (Å²) in [7, 11) is -3.70. The highest BCUT2D eigenvalue weighted by atomic mass is 32.2. The zero-order valence-electron chi connectivity index (χ0n) is 14.3. The van der Waals surface area contributed by atoms with Gasteiger partial charge in [-0.1, -0.05) is 12.2 Å². The van der Waals surface area contributed by atoms with Gasteiger partial charge in [-0.25, -0.2) is 14.3 Å². The predicted molar refractivity (Wildman–Crippen MR) is 98.4 cm³/mol. The minimum Gasteiger partial charge on any atom is -0.312 e. The lowest BCUT2D eigenvalue weighted by Crippen LogP contribution is -2.37. The molecule has 0 saturated carbocycles. The Bertz CT molecular complexity index is 795. The van der Waals surface area contributed by atoms with Gasteiger partial charge in [0.25, 0.3) is 0 Å². The van der Waals surface area contributed by atoms with Crippen LogP contribution < -0.4 is 16.2 Å². The molecule has 9 heteroatoms. The van der Waals surface area contributed by atoms with E-state index >= 15 is 0 Å². The number of hydrogen-bond donors (Lipinski definition) is 2. The summed E-state index contributed by atoms with van der Waals surface area (Å²) in [5.74, 6) is 3.98. The molecule has 1 fully saturated rings. The van der Waals surface area contributed by atoms with Crippen LogP contribution in [0.15, 0.2) is 54.5 Å². The number of anilines is 1. The summed E-state index contributed by atoms with van der Waals surface area (Å²) in [5.41, 5.74) is 2.57. The van der Waals surface area contributed by atoms with Gasteiger partial charge in [-0.3, -0.25) is 15.0 Å². The molecule has 1 aromatic carbocycles. The Labute approximate surface area is 153 Å². The third kappa shape index (κ3) is 4.01. The third-order valence-electron chi connectivity index (χ3n) is 4.09. The van der Waals surface area contributed by atoms with E-state index in [1.807, 2.05) is 5.43 Å². The Hall–Kier alpha value is -2.49. The molecule has 2 rings (SSSR count). The average Bonchev–Trinajstić information content (AvgIpc) is 3.02. The van der Waals surface area contributed by atoms with Gasteiger partial charge in [0, 0.05) is 31.7 Å². The van der Waals surface area contributed by atoms with E-state index in [0.717, 1.165) is 0 Å². The molecule has 1 saturated heterocycles. The Morgan fingerprint density at radius 2 is 1.85 bits per heavy atom. The lowest BCUT2D eigenvalue weighted by molar-refractivity contribution is -0.126. The lowest BCUT2D eigenvalue weighted by Gasteiger charge is -2.20. The molecule has 8 nitrogen and oxygen atoms in total. The number of hydrogen-bond acceptors (Lipinski definition) is 5. The number of benzene rings is 1. The summed E-state index contributed by atoms with van der Waals surface area (Å²) in [6.45, 7) is 7.66. The van der Waals surface area contributed by atoms with Crippen LogP contribution in [0.25, 0.3) is 0 Å².